The first kappa shape index (κ1) is 15.0. The van der Waals surface area contributed by atoms with Gasteiger partial charge in [-0.2, -0.15) is 0 Å². The van der Waals surface area contributed by atoms with Gasteiger partial charge in [-0.1, -0.05) is 24.3 Å². The van der Waals surface area contributed by atoms with Gasteiger partial charge in [0.15, 0.2) is 0 Å². The van der Waals surface area contributed by atoms with Crippen LogP contribution in [-0.2, 0) is 0 Å². The number of nitrogens with two attached hydrogens (primary N) is 1. The van der Waals surface area contributed by atoms with Crippen LogP contribution in [0.15, 0.2) is 53.6 Å². The fraction of sp³-hybridized carbons (Fsp3) is 0.278. The normalized spacial score (nSPS) is 16.6. The van der Waals surface area contributed by atoms with Crippen LogP contribution in [0.1, 0.15) is 18.4 Å². The molecule has 0 unspecified atom stereocenters. The van der Waals surface area contributed by atoms with Crippen LogP contribution in [0.3, 0.4) is 0 Å². The lowest BCUT2D eigenvalue weighted by Crippen LogP contribution is -2.30. The van der Waals surface area contributed by atoms with Crippen molar-refractivity contribution in [2.45, 2.75) is 12.8 Å². The first-order valence-corrected chi connectivity index (χ1v) is 8.53. The highest BCUT2D eigenvalue weighted by molar-refractivity contribution is 7.13. The highest BCUT2D eigenvalue weighted by Gasteiger charge is 2.21. The summed E-state index contributed by atoms with van der Waals surface area (Å²) < 4.78 is 0. The highest BCUT2D eigenvalue weighted by atomic mass is 32.1. The molecule has 1 saturated heterocycles. The molecule has 1 aromatic heterocycles. The topological polar surface area (TPSA) is 61.9 Å². The molecule has 1 aromatic carbocycles. The van der Waals surface area contributed by atoms with Gasteiger partial charge in [0, 0.05) is 10.4 Å². The fourth-order valence-corrected chi connectivity index (χ4v) is 3.72. The number of hydrogen-bond donors (Lipinski definition) is 3. The highest BCUT2D eigenvalue weighted by Crippen LogP contribution is 2.28. The molecule has 0 radical (unpaired) electrons. The number of nitrogens with one attached hydrogen (secondary N) is 2. The van der Waals surface area contributed by atoms with Gasteiger partial charge in [-0.05, 0) is 66.7 Å². The van der Waals surface area contributed by atoms with Crippen molar-refractivity contribution in [3.05, 3.63) is 59.1 Å². The summed E-state index contributed by atoms with van der Waals surface area (Å²) in [6.45, 7) is 2.01. The Balaban J connectivity index is 1.86. The molecule has 0 spiro atoms. The van der Waals surface area contributed by atoms with Crippen molar-refractivity contribution in [2.75, 3.05) is 13.1 Å². The molecule has 4 heteroatoms. The van der Waals surface area contributed by atoms with Crippen molar-refractivity contribution in [3.63, 3.8) is 0 Å². The molecule has 1 aliphatic heterocycles. The minimum absolute atomic E-state index is 0.393. The molecule has 3 nitrogen and oxygen atoms in total. The third kappa shape index (κ3) is 3.13. The Morgan fingerprint density at radius 2 is 2.05 bits per heavy atom. The van der Waals surface area contributed by atoms with Crippen molar-refractivity contribution < 1.29 is 0 Å². The van der Waals surface area contributed by atoms with E-state index >= 15 is 0 Å². The Hall–Kier alpha value is -1.91. The van der Waals surface area contributed by atoms with Gasteiger partial charge in [-0.25, -0.2) is 0 Å². The van der Waals surface area contributed by atoms with Crippen molar-refractivity contribution in [1.29, 1.82) is 5.41 Å². The zero-order valence-electron chi connectivity index (χ0n) is 12.5. The summed E-state index contributed by atoms with van der Waals surface area (Å²) in [6.07, 6.45) is 3.74. The first-order valence-electron chi connectivity index (χ1n) is 7.65. The second-order valence-corrected chi connectivity index (χ2v) is 6.53. The molecular formula is C18H21N3S. The lowest BCUT2D eigenvalue weighted by Gasteiger charge is -2.25. The number of rotatable bonds is 4. The van der Waals surface area contributed by atoms with Crippen LogP contribution < -0.4 is 11.1 Å². The largest absolute Gasteiger partial charge is 0.404 e. The van der Waals surface area contributed by atoms with Gasteiger partial charge >= 0.3 is 0 Å². The van der Waals surface area contributed by atoms with Gasteiger partial charge in [0.1, 0.15) is 0 Å². The van der Waals surface area contributed by atoms with Crippen LogP contribution in [0.25, 0.3) is 10.4 Å². The molecule has 22 heavy (non-hydrogen) atoms. The van der Waals surface area contributed by atoms with Crippen LogP contribution in [0.2, 0.25) is 0 Å². The minimum atomic E-state index is 0.393. The molecule has 3 rings (SSSR count). The fourth-order valence-electron chi connectivity index (χ4n) is 2.99. The molecule has 114 valence electrons. The summed E-state index contributed by atoms with van der Waals surface area (Å²) in [7, 11) is 0. The van der Waals surface area contributed by atoms with E-state index in [0.717, 1.165) is 37.1 Å². The third-order valence-corrected chi connectivity index (χ3v) is 5.12. The quantitative estimate of drug-likeness (QED) is 0.755. The Morgan fingerprint density at radius 3 is 2.73 bits per heavy atom. The molecule has 0 amide bonds. The van der Waals surface area contributed by atoms with E-state index in [1.54, 1.807) is 17.5 Å². The number of hydrogen-bond acceptors (Lipinski definition) is 4. The Bertz CT molecular complexity index is 667. The smallest absolute Gasteiger partial charge is 0.0661 e. The third-order valence-electron chi connectivity index (χ3n) is 4.20. The van der Waals surface area contributed by atoms with Gasteiger partial charge in [0.05, 0.1) is 5.71 Å². The molecule has 4 N–H and O–H groups in total. The maximum atomic E-state index is 8.58. The lowest BCUT2D eigenvalue weighted by atomic mass is 9.85. The molecule has 0 bridgehead atoms. The maximum absolute atomic E-state index is 8.58. The SMILES string of the molecule is N=C(C(=CN)C1CCNCC1)c1cccc(-c2cccs2)c1. The van der Waals surface area contributed by atoms with E-state index < -0.39 is 0 Å². The molecule has 1 fully saturated rings. The molecule has 1 aliphatic rings. The number of benzene rings is 1. The number of allylic oxidation sites excluding steroid dienone is 1. The van der Waals surface area contributed by atoms with Crippen molar-refractivity contribution in [2.24, 2.45) is 11.7 Å². The predicted octanol–water partition coefficient (Wildman–Crippen LogP) is 3.63. The van der Waals surface area contributed by atoms with Gasteiger partial charge in [0.25, 0.3) is 0 Å². The van der Waals surface area contributed by atoms with E-state index in [9.17, 15) is 0 Å². The van der Waals surface area contributed by atoms with Crippen LogP contribution in [0.4, 0.5) is 0 Å². The zero-order valence-corrected chi connectivity index (χ0v) is 13.3. The minimum Gasteiger partial charge on any atom is -0.404 e. The van der Waals surface area contributed by atoms with Gasteiger partial charge in [0.2, 0.25) is 0 Å². The summed E-state index contributed by atoms with van der Waals surface area (Å²) in [5, 5.41) is 14.0. The van der Waals surface area contributed by atoms with Crippen LogP contribution >= 0.6 is 11.3 Å². The standard InChI is InChI=1S/C18H21N3S/c19-12-16(13-6-8-21-9-7-13)18(20)15-4-1-3-14(11-15)17-5-2-10-22-17/h1-5,10-13,20-21H,6-9,19H2. The summed E-state index contributed by atoms with van der Waals surface area (Å²) in [4.78, 5) is 1.23. The maximum Gasteiger partial charge on any atom is 0.0661 e. The predicted molar refractivity (Wildman–Crippen MR) is 94.4 cm³/mol. The molecule has 0 aliphatic carbocycles. The van der Waals surface area contributed by atoms with E-state index in [4.69, 9.17) is 11.1 Å². The monoisotopic (exact) mass is 311 g/mol. The second-order valence-electron chi connectivity index (χ2n) is 5.58. The van der Waals surface area contributed by atoms with E-state index in [2.05, 4.69) is 35.0 Å². The van der Waals surface area contributed by atoms with Crippen LogP contribution in [0, 0.1) is 11.3 Å². The number of piperidine rings is 1. The van der Waals surface area contributed by atoms with Gasteiger partial charge in [-0.15, -0.1) is 11.3 Å². The second kappa shape index (κ2) is 6.90. The Labute approximate surface area is 135 Å². The van der Waals surface area contributed by atoms with E-state index in [1.807, 2.05) is 12.1 Å². The average Bonchev–Trinajstić information content (AvgIpc) is 3.11. The molecule has 2 aromatic rings. The van der Waals surface area contributed by atoms with E-state index in [-0.39, 0.29) is 0 Å². The molecule has 0 atom stereocenters. The van der Waals surface area contributed by atoms with Crippen LogP contribution in [-0.4, -0.2) is 18.8 Å². The summed E-state index contributed by atoms with van der Waals surface area (Å²) >= 11 is 1.72. The average molecular weight is 311 g/mol. The van der Waals surface area contributed by atoms with E-state index in [1.165, 1.54) is 10.4 Å². The van der Waals surface area contributed by atoms with E-state index in [0.29, 0.717) is 11.6 Å². The Kier molecular flexibility index (Phi) is 4.71. The van der Waals surface area contributed by atoms with Gasteiger partial charge < -0.3 is 11.1 Å². The number of thiophene rings is 1. The van der Waals surface area contributed by atoms with Crippen molar-refractivity contribution in [1.82, 2.24) is 5.32 Å². The summed E-state index contributed by atoms with van der Waals surface area (Å²) in [5.41, 5.74) is 9.50. The molecule has 0 saturated carbocycles. The van der Waals surface area contributed by atoms with Crippen molar-refractivity contribution in [3.8, 4) is 10.4 Å². The molecule has 2 heterocycles. The Morgan fingerprint density at radius 1 is 1.23 bits per heavy atom. The van der Waals surface area contributed by atoms with Crippen LogP contribution in [0.5, 0.6) is 0 Å². The lowest BCUT2D eigenvalue weighted by molar-refractivity contribution is 0.428. The zero-order chi connectivity index (χ0) is 15.4. The van der Waals surface area contributed by atoms with Crippen molar-refractivity contribution >= 4 is 17.0 Å². The first-order chi connectivity index (χ1) is 10.8. The summed E-state index contributed by atoms with van der Waals surface area (Å²) in [6, 6.07) is 12.4. The molecular weight excluding hydrogens is 290 g/mol. The summed E-state index contributed by atoms with van der Waals surface area (Å²) in [5.74, 6) is 0.393. The van der Waals surface area contributed by atoms with Gasteiger partial charge in [-0.3, -0.25) is 5.41 Å².